The molecule has 0 aromatic rings. The van der Waals surface area contributed by atoms with E-state index in [1.165, 1.54) is 0 Å². The third-order valence-corrected chi connectivity index (χ3v) is 66.9. The van der Waals surface area contributed by atoms with Crippen LogP contribution in [0.15, 0.2) is 0 Å². The third-order valence-electron chi connectivity index (χ3n) is 4.69. The fraction of sp³-hybridized carbons (Fsp3) is 1.00. The van der Waals surface area contributed by atoms with Gasteiger partial charge in [0.05, 0.1) is 0 Å². The molecule has 0 nitrogen and oxygen atoms in total. The predicted molar refractivity (Wildman–Crippen MR) is 75.8 cm³/mol. The van der Waals surface area contributed by atoms with Crippen molar-refractivity contribution >= 4 is 30.1 Å². The maximum Gasteiger partial charge on any atom is 0.0354 e. The Kier molecular flexibility index (Phi) is 4.04. The van der Waals surface area contributed by atoms with Gasteiger partial charge in [-0.3, -0.25) is 0 Å². The SMILES string of the molecule is C[Si](C)[Si](C)(C)[Si](C)(C)[Si](C)(C)C. The lowest BCUT2D eigenvalue weighted by molar-refractivity contribution is 1.74. The van der Waals surface area contributed by atoms with Gasteiger partial charge >= 0.3 is 0 Å². The van der Waals surface area contributed by atoms with Crippen molar-refractivity contribution in [3.8, 4) is 0 Å². The normalized spacial score (nSPS) is 15.2. The van der Waals surface area contributed by atoms with Gasteiger partial charge in [-0.25, -0.2) is 0 Å². The molecule has 0 aromatic heterocycles. The maximum atomic E-state index is 2.68. The van der Waals surface area contributed by atoms with Crippen LogP contribution in [-0.2, 0) is 0 Å². The van der Waals surface area contributed by atoms with E-state index in [-0.39, 0.29) is 8.31 Å². The standard InChI is InChI=1S/C9H27Si4/c1-10(2)12(6,7)13(8,9)11(3,4)5/h1-9H3. The number of rotatable bonds is 3. The molecular weight excluding hydrogens is 220 g/mol. The van der Waals surface area contributed by atoms with E-state index in [4.69, 9.17) is 0 Å². The smallest absolute Gasteiger partial charge is 0.0354 e. The summed E-state index contributed by atoms with van der Waals surface area (Å²) in [6.07, 6.45) is 0. The van der Waals surface area contributed by atoms with Crippen molar-refractivity contribution in [2.75, 3.05) is 0 Å². The van der Waals surface area contributed by atoms with Crippen molar-refractivity contribution in [2.24, 2.45) is 0 Å². The molecule has 0 aliphatic carbocycles. The molecule has 13 heavy (non-hydrogen) atoms. The third kappa shape index (κ3) is 2.46. The summed E-state index contributed by atoms with van der Waals surface area (Å²) in [5, 5.41) is 0. The van der Waals surface area contributed by atoms with Crippen LogP contribution in [0.4, 0.5) is 0 Å². The zero-order valence-electron chi connectivity index (χ0n) is 11.0. The van der Waals surface area contributed by atoms with Crippen LogP contribution in [0, 0.1) is 0 Å². The number of hydrogen-bond donors (Lipinski definition) is 0. The van der Waals surface area contributed by atoms with Crippen molar-refractivity contribution in [1.82, 2.24) is 0 Å². The second kappa shape index (κ2) is 3.79. The molecule has 0 amide bonds. The molecule has 0 spiro atoms. The Balaban J connectivity index is 5.04. The molecule has 0 bridgehead atoms. The van der Waals surface area contributed by atoms with Crippen molar-refractivity contribution in [3.05, 3.63) is 0 Å². The van der Waals surface area contributed by atoms with Gasteiger partial charge in [0, 0.05) is 30.1 Å². The average molecular weight is 248 g/mol. The highest BCUT2D eigenvalue weighted by atomic mass is 29.8. The molecular formula is C9H27Si4. The van der Waals surface area contributed by atoms with Gasteiger partial charge in [-0.2, -0.15) is 0 Å². The molecule has 0 heterocycles. The van der Waals surface area contributed by atoms with E-state index in [2.05, 4.69) is 58.9 Å². The molecule has 0 rings (SSSR count). The summed E-state index contributed by atoms with van der Waals surface area (Å²) >= 11 is 0. The molecule has 1 radical (unpaired) electrons. The van der Waals surface area contributed by atoms with E-state index in [9.17, 15) is 0 Å². The quantitative estimate of drug-likeness (QED) is 0.667. The minimum absolute atomic E-state index is 0.0149. The van der Waals surface area contributed by atoms with Crippen LogP contribution < -0.4 is 0 Å². The second-order valence-electron chi connectivity index (χ2n) is 6.50. The molecule has 0 N–H and O–H groups in total. The minimum Gasteiger partial charge on any atom is -0.0735 e. The zero-order chi connectivity index (χ0) is 11.1. The molecule has 0 saturated carbocycles. The highest BCUT2D eigenvalue weighted by Crippen LogP contribution is 2.30. The summed E-state index contributed by atoms with van der Waals surface area (Å²) < 4.78 is 0. The van der Waals surface area contributed by atoms with Crippen LogP contribution in [0.25, 0.3) is 0 Å². The Hall–Kier alpha value is 0.868. The van der Waals surface area contributed by atoms with E-state index in [0.717, 1.165) is 0 Å². The molecule has 0 fully saturated rings. The van der Waals surface area contributed by atoms with Crippen LogP contribution in [-0.4, -0.2) is 30.1 Å². The van der Waals surface area contributed by atoms with Crippen LogP contribution in [0.1, 0.15) is 0 Å². The van der Waals surface area contributed by atoms with Gasteiger partial charge in [-0.15, -0.1) is 0 Å². The highest BCUT2D eigenvalue weighted by Gasteiger charge is 2.50. The lowest BCUT2D eigenvalue weighted by Crippen LogP contribution is -2.73. The average Bonchev–Trinajstić information content (AvgIpc) is 1.84. The first-order valence-electron chi connectivity index (χ1n) is 5.25. The Morgan fingerprint density at radius 2 is 1.00 bits per heavy atom. The van der Waals surface area contributed by atoms with E-state index < -0.39 is 21.8 Å². The highest BCUT2D eigenvalue weighted by molar-refractivity contribution is 7.80. The molecule has 0 atom stereocenters. The van der Waals surface area contributed by atoms with Crippen molar-refractivity contribution in [3.63, 3.8) is 0 Å². The Morgan fingerprint density at radius 3 is 1.08 bits per heavy atom. The fourth-order valence-corrected chi connectivity index (χ4v) is 59.1. The van der Waals surface area contributed by atoms with E-state index >= 15 is 0 Å². The van der Waals surface area contributed by atoms with Gasteiger partial charge in [0.1, 0.15) is 0 Å². The molecule has 79 valence electrons. The zero-order valence-corrected chi connectivity index (χ0v) is 15.0. The topological polar surface area (TPSA) is 0 Å². The summed E-state index contributed by atoms with van der Waals surface area (Å²) in [7, 11) is -2.59. The summed E-state index contributed by atoms with van der Waals surface area (Å²) in [6, 6.07) is 0. The van der Waals surface area contributed by atoms with Crippen molar-refractivity contribution in [2.45, 2.75) is 58.9 Å². The van der Waals surface area contributed by atoms with Gasteiger partial charge in [-0.05, 0) is 0 Å². The Labute approximate surface area is 89.1 Å². The van der Waals surface area contributed by atoms with E-state index in [1.807, 2.05) is 0 Å². The predicted octanol–water partition coefficient (Wildman–Crippen LogP) is 3.73. The largest absolute Gasteiger partial charge is 0.0735 e. The lowest BCUT2D eigenvalue weighted by atomic mass is 11.8. The van der Waals surface area contributed by atoms with E-state index in [0.29, 0.717) is 0 Å². The van der Waals surface area contributed by atoms with Crippen LogP contribution >= 0.6 is 0 Å². The molecule has 4 heteroatoms. The van der Waals surface area contributed by atoms with Gasteiger partial charge in [0.2, 0.25) is 0 Å². The molecule has 0 aromatic carbocycles. The Bertz CT molecular complexity index is 177. The van der Waals surface area contributed by atoms with E-state index in [1.54, 1.807) is 0 Å². The first kappa shape index (κ1) is 13.9. The lowest BCUT2D eigenvalue weighted by Gasteiger charge is -2.49. The fourth-order valence-electron chi connectivity index (χ4n) is 1.56. The summed E-state index contributed by atoms with van der Waals surface area (Å²) in [6.45, 7) is 23.6. The Morgan fingerprint density at radius 1 is 0.692 bits per heavy atom. The van der Waals surface area contributed by atoms with Crippen LogP contribution in [0.2, 0.25) is 58.9 Å². The van der Waals surface area contributed by atoms with Gasteiger partial charge in [0.25, 0.3) is 0 Å². The maximum absolute atomic E-state index is 2.68. The second-order valence-corrected chi connectivity index (χ2v) is 45.0. The first-order chi connectivity index (χ1) is 5.44. The summed E-state index contributed by atoms with van der Waals surface area (Å²) in [5.41, 5.74) is 0. The van der Waals surface area contributed by atoms with Crippen molar-refractivity contribution in [1.29, 1.82) is 0 Å². The molecule has 0 unspecified atom stereocenters. The summed E-state index contributed by atoms with van der Waals surface area (Å²) in [5.74, 6) is 0. The minimum atomic E-state index is -0.873. The van der Waals surface area contributed by atoms with Gasteiger partial charge < -0.3 is 0 Å². The molecule has 0 aliphatic rings. The molecule has 0 aliphatic heterocycles. The van der Waals surface area contributed by atoms with Crippen LogP contribution in [0.5, 0.6) is 0 Å². The molecule has 0 saturated heterocycles. The van der Waals surface area contributed by atoms with Crippen molar-refractivity contribution < 1.29 is 0 Å². The van der Waals surface area contributed by atoms with Gasteiger partial charge in [0.15, 0.2) is 0 Å². The number of hydrogen-bond acceptors (Lipinski definition) is 0. The first-order valence-corrected chi connectivity index (χ1v) is 20.2. The summed E-state index contributed by atoms with van der Waals surface area (Å²) in [4.78, 5) is 0. The monoisotopic (exact) mass is 247 g/mol. The van der Waals surface area contributed by atoms with Crippen LogP contribution in [0.3, 0.4) is 0 Å². The van der Waals surface area contributed by atoms with Gasteiger partial charge in [-0.1, -0.05) is 58.9 Å².